The molecule has 0 bridgehead atoms. The van der Waals surface area contributed by atoms with Gasteiger partial charge in [-0.25, -0.2) is 4.98 Å². The quantitative estimate of drug-likeness (QED) is 0.698. The SMILES string of the molecule is COc1cccc2nc(F)nc(O)c12. The topological polar surface area (TPSA) is 55.2 Å². The predicted octanol–water partition coefficient (Wildman–Crippen LogP) is 1.48. The van der Waals surface area contributed by atoms with Crippen molar-refractivity contribution in [2.75, 3.05) is 7.11 Å². The van der Waals surface area contributed by atoms with Crippen molar-refractivity contribution in [1.82, 2.24) is 9.97 Å². The van der Waals surface area contributed by atoms with Gasteiger partial charge in [-0.2, -0.15) is 9.37 Å². The standard InChI is InChI=1S/C9H7FN2O2/c1-14-6-4-2-3-5-7(6)8(13)12-9(10)11-5/h2-4H,1H3,(H,11,12,13). The molecule has 0 saturated carbocycles. The highest BCUT2D eigenvalue weighted by Crippen LogP contribution is 2.30. The van der Waals surface area contributed by atoms with Crippen molar-refractivity contribution >= 4 is 10.9 Å². The maximum atomic E-state index is 12.7. The molecule has 1 aromatic heterocycles. The van der Waals surface area contributed by atoms with Crippen LogP contribution < -0.4 is 4.74 Å². The lowest BCUT2D eigenvalue weighted by Gasteiger charge is -2.04. The molecule has 2 aromatic rings. The zero-order valence-corrected chi connectivity index (χ0v) is 7.36. The fourth-order valence-electron chi connectivity index (χ4n) is 1.28. The van der Waals surface area contributed by atoms with Crippen LogP contribution in [-0.4, -0.2) is 22.2 Å². The number of ether oxygens (including phenoxy) is 1. The first-order chi connectivity index (χ1) is 6.72. The van der Waals surface area contributed by atoms with Crippen LogP contribution >= 0.6 is 0 Å². The van der Waals surface area contributed by atoms with E-state index in [-0.39, 0.29) is 0 Å². The lowest BCUT2D eigenvalue weighted by Crippen LogP contribution is -1.93. The molecule has 0 amide bonds. The molecule has 0 radical (unpaired) electrons. The van der Waals surface area contributed by atoms with E-state index >= 15 is 0 Å². The summed E-state index contributed by atoms with van der Waals surface area (Å²) in [7, 11) is 1.46. The summed E-state index contributed by atoms with van der Waals surface area (Å²) in [5.74, 6) is 0.00458. The number of benzene rings is 1. The Kier molecular flexibility index (Phi) is 1.92. The molecular weight excluding hydrogens is 187 g/mol. The second-order valence-electron chi connectivity index (χ2n) is 2.67. The van der Waals surface area contributed by atoms with Crippen molar-refractivity contribution in [3.63, 3.8) is 0 Å². The molecule has 1 N–H and O–H groups in total. The Balaban J connectivity index is 2.87. The van der Waals surface area contributed by atoms with Gasteiger partial charge < -0.3 is 9.84 Å². The fourth-order valence-corrected chi connectivity index (χ4v) is 1.28. The normalized spacial score (nSPS) is 10.4. The van der Waals surface area contributed by atoms with E-state index in [2.05, 4.69) is 9.97 Å². The lowest BCUT2D eigenvalue weighted by atomic mass is 10.2. The Morgan fingerprint density at radius 3 is 2.86 bits per heavy atom. The van der Waals surface area contributed by atoms with E-state index in [1.807, 2.05) is 0 Å². The third-order valence-electron chi connectivity index (χ3n) is 1.86. The average molecular weight is 194 g/mol. The molecule has 0 aliphatic rings. The zero-order valence-electron chi connectivity index (χ0n) is 7.36. The van der Waals surface area contributed by atoms with Crippen LogP contribution in [0.3, 0.4) is 0 Å². The van der Waals surface area contributed by atoms with Crippen molar-refractivity contribution in [3.8, 4) is 11.6 Å². The molecular formula is C9H7FN2O2. The molecule has 0 unspecified atom stereocenters. The van der Waals surface area contributed by atoms with Crippen molar-refractivity contribution in [1.29, 1.82) is 0 Å². The van der Waals surface area contributed by atoms with Gasteiger partial charge in [-0.1, -0.05) is 6.07 Å². The molecule has 0 fully saturated rings. The summed E-state index contributed by atoms with van der Waals surface area (Å²) < 4.78 is 17.7. The van der Waals surface area contributed by atoms with Crippen LogP contribution in [0.2, 0.25) is 0 Å². The highest BCUT2D eigenvalue weighted by molar-refractivity contribution is 5.89. The fraction of sp³-hybridized carbons (Fsp3) is 0.111. The van der Waals surface area contributed by atoms with Crippen LogP contribution in [0.25, 0.3) is 10.9 Å². The number of rotatable bonds is 1. The molecule has 4 nitrogen and oxygen atoms in total. The van der Waals surface area contributed by atoms with Gasteiger partial charge in [0.05, 0.1) is 12.6 Å². The van der Waals surface area contributed by atoms with Gasteiger partial charge in [0.25, 0.3) is 0 Å². The molecule has 14 heavy (non-hydrogen) atoms. The molecule has 0 saturated heterocycles. The van der Waals surface area contributed by atoms with Gasteiger partial charge in [-0.15, -0.1) is 0 Å². The van der Waals surface area contributed by atoms with Crippen LogP contribution in [0, 0.1) is 6.08 Å². The van der Waals surface area contributed by atoms with Crippen LogP contribution in [-0.2, 0) is 0 Å². The minimum absolute atomic E-state index is 0.314. The van der Waals surface area contributed by atoms with Crippen molar-refractivity contribution in [2.45, 2.75) is 0 Å². The van der Waals surface area contributed by atoms with Crippen molar-refractivity contribution in [3.05, 3.63) is 24.3 Å². The number of aromatic hydroxyl groups is 1. The van der Waals surface area contributed by atoms with Gasteiger partial charge in [0.1, 0.15) is 11.1 Å². The zero-order chi connectivity index (χ0) is 10.1. The highest BCUT2D eigenvalue weighted by Gasteiger charge is 2.10. The Labute approximate surface area is 79.0 Å². The number of halogens is 1. The first-order valence-corrected chi connectivity index (χ1v) is 3.91. The molecule has 72 valence electrons. The van der Waals surface area contributed by atoms with E-state index in [9.17, 15) is 9.50 Å². The van der Waals surface area contributed by atoms with Gasteiger partial charge in [0.2, 0.25) is 5.88 Å². The van der Waals surface area contributed by atoms with Gasteiger partial charge in [0, 0.05) is 0 Å². The molecule has 1 heterocycles. The van der Waals surface area contributed by atoms with Gasteiger partial charge >= 0.3 is 6.08 Å². The Hall–Kier alpha value is -1.91. The second kappa shape index (κ2) is 3.10. The van der Waals surface area contributed by atoms with Crippen molar-refractivity contribution < 1.29 is 14.2 Å². The number of hydrogen-bond acceptors (Lipinski definition) is 4. The smallest absolute Gasteiger partial charge is 0.312 e. The number of nitrogens with zero attached hydrogens (tertiary/aromatic N) is 2. The molecule has 2 rings (SSSR count). The van der Waals surface area contributed by atoms with E-state index in [0.29, 0.717) is 16.7 Å². The molecule has 0 spiro atoms. The van der Waals surface area contributed by atoms with Gasteiger partial charge in [-0.3, -0.25) is 0 Å². The minimum Gasteiger partial charge on any atom is -0.496 e. The van der Waals surface area contributed by atoms with E-state index in [1.54, 1.807) is 18.2 Å². The maximum Gasteiger partial charge on any atom is 0.312 e. The third kappa shape index (κ3) is 1.22. The third-order valence-corrected chi connectivity index (χ3v) is 1.86. The summed E-state index contributed by atoms with van der Waals surface area (Å²) >= 11 is 0. The summed E-state index contributed by atoms with van der Waals surface area (Å²) in [6, 6.07) is 4.87. The summed E-state index contributed by atoms with van der Waals surface area (Å²) in [5, 5.41) is 9.71. The van der Waals surface area contributed by atoms with E-state index in [1.165, 1.54) is 7.11 Å². The molecule has 0 aliphatic heterocycles. The number of hydrogen-bond donors (Lipinski definition) is 1. The molecule has 0 aliphatic carbocycles. The summed E-state index contributed by atoms with van der Waals surface area (Å²) in [6.07, 6.45) is -0.955. The number of fused-ring (bicyclic) bond motifs is 1. The molecule has 1 aromatic carbocycles. The minimum atomic E-state index is -0.955. The molecule has 0 atom stereocenters. The number of aromatic nitrogens is 2. The Bertz CT molecular complexity index is 487. The summed E-state index contributed by atoms with van der Waals surface area (Å²) in [5.41, 5.74) is 0.314. The van der Waals surface area contributed by atoms with E-state index in [0.717, 1.165) is 0 Å². The van der Waals surface area contributed by atoms with Crippen molar-refractivity contribution in [2.24, 2.45) is 0 Å². The average Bonchev–Trinajstić information content (AvgIpc) is 2.16. The first kappa shape index (κ1) is 8.68. The van der Waals surface area contributed by atoms with Crippen LogP contribution in [0.15, 0.2) is 18.2 Å². The molecule has 5 heteroatoms. The Morgan fingerprint density at radius 1 is 1.36 bits per heavy atom. The summed E-state index contributed by atoms with van der Waals surface area (Å²) in [4.78, 5) is 6.74. The second-order valence-corrected chi connectivity index (χ2v) is 2.67. The highest BCUT2D eigenvalue weighted by atomic mass is 19.1. The van der Waals surface area contributed by atoms with Gasteiger partial charge in [-0.05, 0) is 12.1 Å². The van der Waals surface area contributed by atoms with Crippen LogP contribution in [0.5, 0.6) is 11.6 Å². The lowest BCUT2D eigenvalue weighted by molar-refractivity contribution is 0.408. The summed E-state index contributed by atoms with van der Waals surface area (Å²) in [6.45, 7) is 0. The maximum absolute atomic E-state index is 12.7. The number of methoxy groups -OCH3 is 1. The largest absolute Gasteiger partial charge is 0.496 e. The Morgan fingerprint density at radius 2 is 2.14 bits per heavy atom. The van der Waals surface area contributed by atoms with E-state index in [4.69, 9.17) is 4.74 Å². The monoisotopic (exact) mass is 194 g/mol. The van der Waals surface area contributed by atoms with Gasteiger partial charge in [0.15, 0.2) is 0 Å². The van der Waals surface area contributed by atoms with Crippen LogP contribution in [0.1, 0.15) is 0 Å². The first-order valence-electron chi connectivity index (χ1n) is 3.91. The van der Waals surface area contributed by atoms with Crippen LogP contribution in [0.4, 0.5) is 4.39 Å². The predicted molar refractivity (Wildman–Crippen MR) is 47.7 cm³/mol. The van der Waals surface area contributed by atoms with E-state index < -0.39 is 12.0 Å².